The Morgan fingerprint density at radius 1 is 1.40 bits per heavy atom. The number of aliphatic carboxylic acids is 1. The first-order valence-electron chi connectivity index (χ1n) is 5.99. The van der Waals surface area contributed by atoms with E-state index in [-0.39, 0.29) is 10.9 Å². The van der Waals surface area contributed by atoms with Gasteiger partial charge in [0.2, 0.25) is 10.0 Å². The molecule has 0 spiro atoms. The zero-order valence-corrected chi connectivity index (χ0v) is 11.9. The van der Waals surface area contributed by atoms with Gasteiger partial charge in [-0.1, -0.05) is 18.2 Å². The van der Waals surface area contributed by atoms with E-state index in [4.69, 9.17) is 5.11 Å². The minimum Gasteiger partial charge on any atom is -0.478 e. The van der Waals surface area contributed by atoms with Gasteiger partial charge in [-0.25, -0.2) is 17.9 Å². The van der Waals surface area contributed by atoms with E-state index in [9.17, 15) is 13.2 Å². The highest BCUT2D eigenvalue weighted by molar-refractivity contribution is 7.89. The molecule has 2 N–H and O–H groups in total. The average molecular weight is 295 g/mol. The van der Waals surface area contributed by atoms with E-state index in [0.717, 1.165) is 6.08 Å². The molecule has 1 unspecified atom stereocenters. The lowest BCUT2D eigenvalue weighted by Crippen LogP contribution is -2.32. The topological polar surface area (TPSA) is 83.5 Å². The highest BCUT2D eigenvalue weighted by Crippen LogP contribution is 2.12. The Kier molecular flexibility index (Phi) is 5.66. The first kappa shape index (κ1) is 16.1. The Bertz CT molecular complexity index is 603. The van der Waals surface area contributed by atoms with Crippen LogP contribution in [0.25, 0.3) is 6.08 Å². The minimum atomic E-state index is -3.57. The number of hydrogen-bond donors (Lipinski definition) is 2. The van der Waals surface area contributed by atoms with Crippen LogP contribution in [-0.4, -0.2) is 25.5 Å². The minimum absolute atomic E-state index is 0.140. The van der Waals surface area contributed by atoms with Crippen LogP contribution in [0.2, 0.25) is 0 Å². The number of nitrogens with one attached hydrogen (secondary N) is 1. The van der Waals surface area contributed by atoms with Gasteiger partial charge in [0.1, 0.15) is 0 Å². The first-order chi connectivity index (χ1) is 9.35. The van der Waals surface area contributed by atoms with Crippen LogP contribution in [-0.2, 0) is 14.8 Å². The lowest BCUT2D eigenvalue weighted by Gasteiger charge is -2.12. The number of carbonyl (C=O) groups is 1. The largest absolute Gasteiger partial charge is 0.478 e. The van der Waals surface area contributed by atoms with E-state index in [1.54, 1.807) is 25.1 Å². The summed E-state index contributed by atoms with van der Waals surface area (Å²) >= 11 is 0. The van der Waals surface area contributed by atoms with Gasteiger partial charge in [0.15, 0.2) is 0 Å². The Hall–Kier alpha value is -1.92. The van der Waals surface area contributed by atoms with Gasteiger partial charge < -0.3 is 5.11 Å². The van der Waals surface area contributed by atoms with E-state index >= 15 is 0 Å². The van der Waals surface area contributed by atoms with Crippen LogP contribution in [0.3, 0.4) is 0 Å². The molecule has 1 rings (SSSR count). The van der Waals surface area contributed by atoms with Crippen molar-refractivity contribution in [2.45, 2.75) is 24.3 Å². The number of rotatable bonds is 7. The Morgan fingerprint density at radius 2 is 2.00 bits per heavy atom. The molecule has 108 valence electrons. The van der Waals surface area contributed by atoms with Gasteiger partial charge in [-0.3, -0.25) is 0 Å². The zero-order chi connectivity index (χ0) is 15.2. The molecular formula is C14H17NO4S. The molecule has 0 bridgehead atoms. The molecule has 20 heavy (non-hydrogen) atoms. The molecule has 1 aromatic carbocycles. The number of sulfonamides is 1. The van der Waals surface area contributed by atoms with Crippen LogP contribution in [0.15, 0.2) is 47.9 Å². The van der Waals surface area contributed by atoms with Gasteiger partial charge in [0, 0.05) is 12.1 Å². The maximum atomic E-state index is 12.0. The van der Waals surface area contributed by atoms with Crippen molar-refractivity contribution in [1.82, 2.24) is 4.72 Å². The molecule has 0 aliphatic rings. The second kappa shape index (κ2) is 7.02. The number of benzene rings is 1. The van der Waals surface area contributed by atoms with Crippen molar-refractivity contribution in [3.63, 3.8) is 0 Å². The van der Waals surface area contributed by atoms with Crippen molar-refractivity contribution >= 4 is 22.1 Å². The fraction of sp³-hybridized carbons (Fsp3) is 0.214. The van der Waals surface area contributed by atoms with Crippen LogP contribution in [0, 0.1) is 0 Å². The summed E-state index contributed by atoms with van der Waals surface area (Å²) in [5.74, 6) is -1.05. The van der Waals surface area contributed by atoms with Crippen LogP contribution in [0.1, 0.15) is 18.9 Å². The molecule has 0 saturated carbocycles. The standard InChI is InChI=1S/C14H17NO4S/c1-3-4-11(2)15-20(18,19)13-8-5-12(6-9-13)7-10-14(16)17/h3,5-11,15H,1,4H2,2H3,(H,16,17)/b10-7+. The van der Waals surface area contributed by atoms with Gasteiger partial charge in [-0.05, 0) is 37.1 Å². The molecule has 5 nitrogen and oxygen atoms in total. The molecular weight excluding hydrogens is 278 g/mol. The number of carboxylic acid groups (broad SMARTS) is 1. The smallest absolute Gasteiger partial charge is 0.328 e. The summed E-state index contributed by atoms with van der Waals surface area (Å²) in [6.45, 7) is 5.31. The normalized spacial score (nSPS) is 13.2. The summed E-state index contributed by atoms with van der Waals surface area (Å²) in [5, 5.41) is 8.51. The Labute approximate surface area is 118 Å². The maximum Gasteiger partial charge on any atom is 0.328 e. The monoisotopic (exact) mass is 295 g/mol. The summed E-state index contributed by atoms with van der Waals surface area (Å²) in [5.41, 5.74) is 0.616. The van der Waals surface area contributed by atoms with Crippen molar-refractivity contribution < 1.29 is 18.3 Å². The lowest BCUT2D eigenvalue weighted by molar-refractivity contribution is -0.131. The van der Waals surface area contributed by atoms with E-state index in [2.05, 4.69) is 11.3 Å². The van der Waals surface area contributed by atoms with Gasteiger partial charge in [0.05, 0.1) is 4.90 Å². The van der Waals surface area contributed by atoms with E-state index < -0.39 is 16.0 Å². The fourth-order valence-electron chi connectivity index (χ4n) is 1.56. The quantitative estimate of drug-likeness (QED) is 0.595. The van der Waals surface area contributed by atoms with E-state index in [1.807, 2.05) is 0 Å². The summed E-state index contributed by atoms with van der Waals surface area (Å²) in [6, 6.07) is 5.73. The number of carboxylic acids is 1. The number of hydrogen-bond acceptors (Lipinski definition) is 3. The molecule has 0 fully saturated rings. The van der Waals surface area contributed by atoms with Crippen molar-refractivity contribution in [1.29, 1.82) is 0 Å². The molecule has 0 heterocycles. The average Bonchev–Trinajstić information content (AvgIpc) is 2.36. The third kappa shape index (κ3) is 4.99. The van der Waals surface area contributed by atoms with Crippen LogP contribution in [0.5, 0.6) is 0 Å². The lowest BCUT2D eigenvalue weighted by atomic mass is 10.2. The Morgan fingerprint density at radius 3 is 2.50 bits per heavy atom. The highest BCUT2D eigenvalue weighted by atomic mass is 32.2. The molecule has 0 saturated heterocycles. The molecule has 1 atom stereocenters. The Balaban J connectivity index is 2.86. The third-order valence-electron chi connectivity index (χ3n) is 2.49. The highest BCUT2D eigenvalue weighted by Gasteiger charge is 2.16. The summed E-state index contributed by atoms with van der Waals surface area (Å²) in [4.78, 5) is 10.5. The predicted molar refractivity (Wildman–Crippen MR) is 77.7 cm³/mol. The molecule has 0 radical (unpaired) electrons. The van der Waals surface area contributed by atoms with Crippen LogP contribution >= 0.6 is 0 Å². The first-order valence-corrected chi connectivity index (χ1v) is 7.48. The van der Waals surface area contributed by atoms with Crippen LogP contribution < -0.4 is 4.72 Å². The molecule has 0 amide bonds. The van der Waals surface area contributed by atoms with Gasteiger partial charge in [-0.2, -0.15) is 0 Å². The molecule has 0 aliphatic heterocycles. The SMILES string of the molecule is C=CCC(C)NS(=O)(=O)c1ccc(/C=C/C(=O)O)cc1. The van der Waals surface area contributed by atoms with Crippen molar-refractivity contribution in [2.24, 2.45) is 0 Å². The predicted octanol–water partition coefficient (Wildman–Crippen LogP) is 2.03. The van der Waals surface area contributed by atoms with Gasteiger partial charge in [-0.15, -0.1) is 6.58 Å². The van der Waals surface area contributed by atoms with Gasteiger partial charge >= 0.3 is 5.97 Å². The molecule has 0 aliphatic carbocycles. The molecule has 1 aromatic rings. The van der Waals surface area contributed by atoms with E-state index in [1.165, 1.54) is 18.2 Å². The fourth-order valence-corrected chi connectivity index (χ4v) is 2.81. The molecule has 6 heteroatoms. The zero-order valence-electron chi connectivity index (χ0n) is 11.1. The summed E-state index contributed by atoms with van der Waals surface area (Å²) in [6.07, 6.45) is 4.58. The van der Waals surface area contributed by atoms with E-state index in [0.29, 0.717) is 12.0 Å². The van der Waals surface area contributed by atoms with Crippen LogP contribution in [0.4, 0.5) is 0 Å². The van der Waals surface area contributed by atoms with Crippen molar-refractivity contribution in [2.75, 3.05) is 0 Å². The van der Waals surface area contributed by atoms with Crippen molar-refractivity contribution in [3.05, 3.63) is 48.6 Å². The van der Waals surface area contributed by atoms with Crippen molar-refractivity contribution in [3.8, 4) is 0 Å². The van der Waals surface area contributed by atoms with Gasteiger partial charge in [0.25, 0.3) is 0 Å². The second-order valence-electron chi connectivity index (χ2n) is 4.29. The summed E-state index contributed by atoms with van der Waals surface area (Å²) < 4.78 is 26.6. The maximum absolute atomic E-state index is 12.0. The summed E-state index contributed by atoms with van der Waals surface area (Å²) in [7, 11) is -3.57. The third-order valence-corrected chi connectivity index (χ3v) is 4.09. The molecule has 0 aromatic heterocycles. The second-order valence-corrected chi connectivity index (χ2v) is 6.00.